The second kappa shape index (κ2) is 5.45. The maximum Gasteiger partial charge on any atom is 0.192 e. The highest BCUT2D eigenvalue weighted by Crippen LogP contribution is 2.37. The standard InChI is InChI=1S/C14H29NO2Si/c1-10(2)8-11(15)13-12(17-13)9-16-18(6,7)14(3,4)5/h8,11-13H,9,15H2,1-7H3/t11-,12+,13+/m1/s1. The van der Waals surface area contributed by atoms with Crippen molar-refractivity contribution in [3.05, 3.63) is 11.6 Å². The van der Waals surface area contributed by atoms with Gasteiger partial charge in [0, 0.05) is 0 Å². The Morgan fingerprint density at radius 2 is 1.94 bits per heavy atom. The van der Waals surface area contributed by atoms with Crippen molar-refractivity contribution in [1.29, 1.82) is 0 Å². The Labute approximate surface area is 113 Å². The summed E-state index contributed by atoms with van der Waals surface area (Å²) in [6.07, 6.45) is 2.39. The topological polar surface area (TPSA) is 47.8 Å². The van der Waals surface area contributed by atoms with E-state index in [0.717, 1.165) is 0 Å². The summed E-state index contributed by atoms with van der Waals surface area (Å²) in [6.45, 7) is 16.1. The van der Waals surface area contributed by atoms with E-state index in [1.54, 1.807) is 0 Å². The van der Waals surface area contributed by atoms with Crippen LogP contribution in [-0.2, 0) is 9.16 Å². The average Bonchev–Trinajstić information content (AvgIpc) is 2.90. The van der Waals surface area contributed by atoms with Gasteiger partial charge in [-0.3, -0.25) is 0 Å². The van der Waals surface area contributed by atoms with Crippen LogP contribution < -0.4 is 5.73 Å². The van der Waals surface area contributed by atoms with Crippen LogP contribution in [0, 0.1) is 0 Å². The van der Waals surface area contributed by atoms with Crippen LogP contribution in [0.4, 0.5) is 0 Å². The first-order valence-corrected chi connectivity index (χ1v) is 9.65. The summed E-state index contributed by atoms with van der Waals surface area (Å²) in [5.74, 6) is 0. The molecule has 0 spiro atoms. The van der Waals surface area contributed by atoms with E-state index < -0.39 is 8.32 Å². The lowest BCUT2D eigenvalue weighted by molar-refractivity contribution is 0.241. The fourth-order valence-electron chi connectivity index (χ4n) is 1.62. The van der Waals surface area contributed by atoms with Crippen molar-refractivity contribution in [3.63, 3.8) is 0 Å². The van der Waals surface area contributed by atoms with E-state index in [9.17, 15) is 0 Å². The summed E-state index contributed by atoms with van der Waals surface area (Å²) in [5.41, 5.74) is 7.29. The summed E-state index contributed by atoms with van der Waals surface area (Å²) in [7, 11) is -1.66. The zero-order valence-corrected chi connectivity index (χ0v) is 13.9. The minimum Gasteiger partial charge on any atom is -0.414 e. The molecule has 0 radical (unpaired) electrons. The van der Waals surface area contributed by atoms with Gasteiger partial charge < -0.3 is 14.9 Å². The fraction of sp³-hybridized carbons (Fsp3) is 0.857. The van der Waals surface area contributed by atoms with E-state index >= 15 is 0 Å². The third-order valence-corrected chi connectivity index (χ3v) is 8.44. The van der Waals surface area contributed by atoms with E-state index in [0.29, 0.717) is 6.61 Å². The molecule has 0 saturated carbocycles. The van der Waals surface area contributed by atoms with Crippen LogP contribution in [0.5, 0.6) is 0 Å². The van der Waals surface area contributed by atoms with Gasteiger partial charge in [-0.2, -0.15) is 0 Å². The lowest BCUT2D eigenvalue weighted by Crippen LogP contribution is -2.42. The molecule has 0 aromatic carbocycles. The normalized spacial score (nSPS) is 25.8. The molecule has 1 heterocycles. The smallest absolute Gasteiger partial charge is 0.192 e. The molecular weight excluding hydrogens is 242 g/mol. The molecule has 3 nitrogen and oxygen atoms in total. The third-order valence-electron chi connectivity index (χ3n) is 3.94. The number of allylic oxidation sites excluding steroid dienone is 1. The molecule has 1 aliphatic rings. The fourth-order valence-corrected chi connectivity index (χ4v) is 2.63. The van der Waals surface area contributed by atoms with Crippen molar-refractivity contribution in [2.24, 2.45) is 5.73 Å². The van der Waals surface area contributed by atoms with Crippen LogP contribution in [-0.4, -0.2) is 33.2 Å². The molecule has 106 valence electrons. The van der Waals surface area contributed by atoms with Gasteiger partial charge in [-0.15, -0.1) is 0 Å². The first kappa shape index (κ1) is 15.9. The summed E-state index contributed by atoms with van der Waals surface area (Å²) in [5, 5.41) is 0.249. The zero-order valence-electron chi connectivity index (χ0n) is 12.9. The molecule has 0 bridgehead atoms. The molecule has 1 fully saturated rings. The predicted molar refractivity (Wildman–Crippen MR) is 79.2 cm³/mol. The van der Waals surface area contributed by atoms with Crippen LogP contribution in [0.1, 0.15) is 34.6 Å². The van der Waals surface area contributed by atoms with E-state index in [1.807, 2.05) is 0 Å². The lowest BCUT2D eigenvalue weighted by Gasteiger charge is -2.36. The van der Waals surface area contributed by atoms with Crippen LogP contribution in [0.25, 0.3) is 0 Å². The summed E-state index contributed by atoms with van der Waals surface area (Å²) >= 11 is 0. The molecule has 2 N–H and O–H groups in total. The highest BCUT2D eigenvalue weighted by atomic mass is 28.4. The highest BCUT2D eigenvalue weighted by Gasteiger charge is 2.45. The molecule has 18 heavy (non-hydrogen) atoms. The van der Waals surface area contributed by atoms with E-state index in [-0.39, 0.29) is 23.3 Å². The van der Waals surface area contributed by atoms with Gasteiger partial charge in [0.1, 0.15) is 12.2 Å². The second-order valence-electron chi connectivity index (χ2n) is 7.03. The number of hydrogen-bond donors (Lipinski definition) is 1. The Hall–Kier alpha value is -0.163. The van der Waals surface area contributed by atoms with Gasteiger partial charge >= 0.3 is 0 Å². The number of hydrogen-bond acceptors (Lipinski definition) is 3. The largest absolute Gasteiger partial charge is 0.414 e. The van der Waals surface area contributed by atoms with Crippen molar-refractivity contribution in [2.45, 2.75) is 71.0 Å². The van der Waals surface area contributed by atoms with Gasteiger partial charge in [0.25, 0.3) is 0 Å². The van der Waals surface area contributed by atoms with Crippen molar-refractivity contribution in [1.82, 2.24) is 0 Å². The molecular formula is C14H29NO2Si. The molecule has 0 unspecified atom stereocenters. The van der Waals surface area contributed by atoms with E-state index in [1.165, 1.54) is 5.57 Å². The van der Waals surface area contributed by atoms with Gasteiger partial charge in [0.2, 0.25) is 0 Å². The molecule has 0 aromatic rings. The number of nitrogens with two attached hydrogens (primary N) is 1. The van der Waals surface area contributed by atoms with Gasteiger partial charge in [-0.25, -0.2) is 0 Å². The maximum absolute atomic E-state index is 6.14. The molecule has 0 amide bonds. The second-order valence-corrected chi connectivity index (χ2v) is 11.8. The van der Waals surface area contributed by atoms with E-state index in [2.05, 4.69) is 53.8 Å². The third kappa shape index (κ3) is 4.19. The van der Waals surface area contributed by atoms with Crippen LogP contribution in [0.2, 0.25) is 18.1 Å². The monoisotopic (exact) mass is 271 g/mol. The first-order valence-electron chi connectivity index (χ1n) is 6.74. The number of epoxide rings is 1. The molecule has 1 saturated heterocycles. The zero-order chi connectivity index (χ0) is 14.1. The summed E-state index contributed by atoms with van der Waals surface area (Å²) in [6, 6.07) is 0.00279. The van der Waals surface area contributed by atoms with Crippen LogP contribution >= 0.6 is 0 Å². The van der Waals surface area contributed by atoms with Gasteiger partial charge in [0.05, 0.1) is 12.6 Å². The molecule has 1 aliphatic heterocycles. The molecule has 3 atom stereocenters. The van der Waals surface area contributed by atoms with Crippen LogP contribution in [0.3, 0.4) is 0 Å². The Kier molecular flexibility index (Phi) is 4.81. The minimum absolute atomic E-state index is 0.00279. The quantitative estimate of drug-likeness (QED) is 0.475. The summed E-state index contributed by atoms with van der Waals surface area (Å²) < 4.78 is 11.8. The molecule has 0 aliphatic carbocycles. The number of rotatable bonds is 5. The Bertz CT molecular complexity index is 316. The molecule has 4 heteroatoms. The van der Waals surface area contributed by atoms with Crippen molar-refractivity contribution in [2.75, 3.05) is 6.61 Å². The Morgan fingerprint density at radius 1 is 1.39 bits per heavy atom. The van der Waals surface area contributed by atoms with Crippen molar-refractivity contribution < 1.29 is 9.16 Å². The molecule has 0 aromatic heterocycles. The summed E-state index contributed by atoms with van der Waals surface area (Å²) in [4.78, 5) is 0. The maximum atomic E-state index is 6.14. The molecule has 1 rings (SSSR count). The predicted octanol–water partition coefficient (Wildman–Crippen LogP) is 3.07. The van der Waals surface area contributed by atoms with Gasteiger partial charge in [-0.1, -0.05) is 32.4 Å². The van der Waals surface area contributed by atoms with Gasteiger partial charge in [-0.05, 0) is 32.0 Å². The SMILES string of the molecule is CC(C)=C[C@@H](N)[C@@H]1O[C@H]1CO[Si](C)(C)C(C)(C)C. The average molecular weight is 271 g/mol. The highest BCUT2D eigenvalue weighted by molar-refractivity contribution is 6.74. The minimum atomic E-state index is -1.66. The first-order chi connectivity index (χ1) is 8.04. The number of ether oxygens (including phenoxy) is 1. The Balaban J connectivity index is 2.39. The van der Waals surface area contributed by atoms with E-state index in [4.69, 9.17) is 14.9 Å². The van der Waals surface area contributed by atoms with Crippen molar-refractivity contribution >= 4 is 8.32 Å². The Morgan fingerprint density at radius 3 is 2.39 bits per heavy atom. The lowest BCUT2D eigenvalue weighted by atomic mass is 10.1. The van der Waals surface area contributed by atoms with Crippen LogP contribution in [0.15, 0.2) is 11.6 Å². The van der Waals surface area contributed by atoms with Crippen molar-refractivity contribution in [3.8, 4) is 0 Å². The van der Waals surface area contributed by atoms with Gasteiger partial charge in [0.15, 0.2) is 8.32 Å².